The molecular formula is C22H17FN2O3S2. The van der Waals surface area contributed by atoms with Gasteiger partial charge in [-0.3, -0.25) is 4.79 Å². The number of anilines is 1. The van der Waals surface area contributed by atoms with E-state index in [1.54, 1.807) is 0 Å². The van der Waals surface area contributed by atoms with Gasteiger partial charge in [-0.15, -0.1) is 0 Å². The number of halogens is 1. The average Bonchev–Trinajstić information content (AvgIpc) is 3.32. The van der Waals surface area contributed by atoms with Crippen molar-refractivity contribution >= 4 is 53.2 Å². The maximum Gasteiger partial charge on any atom is 0.227 e. The van der Waals surface area contributed by atoms with Crippen LogP contribution in [-0.2, 0) is 27.5 Å². The van der Waals surface area contributed by atoms with Gasteiger partial charge in [0.15, 0.2) is 15.0 Å². The highest BCUT2D eigenvalue weighted by Gasteiger charge is 2.20. The molecule has 5 nitrogen and oxygen atoms in total. The molecule has 30 heavy (non-hydrogen) atoms. The smallest absolute Gasteiger partial charge is 0.227 e. The molecule has 0 bridgehead atoms. The standard InChI is InChI=1S/C22H17FN2O3S2/c23-15-6-8-16(9-7-15)30(27,28)11-10-19(26)24-22-25-21-17-3-1-2-13-4-5-14(20(13)17)12-18(21)29-22/h1-3,6-9,12H,4-5,10-11H2,(H,24,25,26). The van der Waals surface area contributed by atoms with Crippen molar-refractivity contribution < 1.29 is 17.6 Å². The van der Waals surface area contributed by atoms with Crippen molar-refractivity contribution in [1.82, 2.24) is 4.98 Å². The molecule has 1 aliphatic carbocycles. The third-order valence-electron chi connectivity index (χ3n) is 5.37. The molecular weight excluding hydrogens is 423 g/mol. The Hall–Kier alpha value is -2.84. The first-order valence-corrected chi connectivity index (χ1v) is 12.0. The van der Waals surface area contributed by atoms with Gasteiger partial charge in [0.25, 0.3) is 0 Å². The first-order valence-electron chi connectivity index (χ1n) is 9.53. The molecule has 4 aromatic rings. The van der Waals surface area contributed by atoms with Crippen LogP contribution in [0.15, 0.2) is 53.4 Å². The van der Waals surface area contributed by atoms with Gasteiger partial charge in [-0.2, -0.15) is 0 Å². The van der Waals surface area contributed by atoms with E-state index in [2.05, 4.69) is 28.5 Å². The summed E-state index contributed by atoms with van der Waals surface area (Å²) >= 11 is 1.39. The SMILES string of the molecule is O=C(CCS(=O)(=O)c1ccc(F)cc1)Nc1nc2c(cc3c4c(cccc42)CC3)s1. The summed E-state index contributed by atoms with van der Waals surface area (Å²) in [5, 5.41) is 5.54. The molecule has 0 atom stereocenters. The molecule has 0 saturated heterocycles. The van der Waals surface area contributed by atoms with Gasteiger partial charge in [-0.25, -0.2) is 17.8 Å². The summed E-state index contributed by atoms with van der Waals surface area (Å²) in [6.07, 6.45) is 1.84. The zero-order valence-corrected chi connectivity index (χ0v) is 17.4. The third-order valence-corrected chi connectivity index (χ3v) is 8.02. The Labute approximate surface area is 176 Å². The molecule has 152 valence electrons. The van der Waals surface area contributed by atoms with Crippen LogP contribution < -0.4 is 5.32 Å². The van der Waals surface area contributed by atoms with Crippen molar-refractivity contribution in [2.75, 3.05) is 11.1 Å². The number of sulfone groups is 1. The lowest BCUT2D eigenvalue weighted by Crippen LogP contribution is -2.17. The van der Waals surface area contributed by atoms with Crippen LogP contribution in [0.3, 0.4) is 0 Å². The number of thiazole rings is 1. The Morgan fingerprint density at radius 2 is 1.87 bits per heavy atom. The highest BCUT2D eigenvalue weighted by Crippen LogP contribution is 2.39. The normalized spacial score (nSPS) is 13.2. The summed E-state index contributed by atoms with van der Waals surface area (Å²) in [7, 11) is -3.67. The van der Waals surface area contributed by atoms with Gasteiger partial charge in [0, 0.05) is 11.8 Å². The molecule has 5 rings (SSSR count). The Morgan fingerprint density at radius 1 is 1.10 bits per heavy atom. The fourth-order valence-corrected chi connectivity index (χ4v) is 6.13. The fourth-order valence-electron chi connectivity index (χ4n) is 3.93. The summed E-state index contributed by atoms with van der Waals surface area (Å²) in [6.45, 7) is 0. The van der Waals surface area contributed by atoms with E-state index in [9.17, 15) is 17.6 Å². The van der Waals surface area contributed by atoms with E-state index < -0.39 is 21.6 Å². The number of fused-ring (bicyclic) bond motifs is 2. The monoisotopic (exact) mass is 440 g/mol. The van der Waals surface area contributed by atoms with E-state index >= 15 is 0 Å². The predicted octanol–water partition coefficient (Wildman–Crippen LogP) is 4.49. The summed E-state index contributed by atoms with van der Waals surface area (Å²) < 4.78 is 38.7. The molecule has 1 N–H and O–H groups in total. The number of aryl methyl sites for hydroxylation is 2. The van der Waals surface area contributed by atoms with Crippen LogP contribution in [0.2, 0.25) is 0 Å². The number of amides is 1. The number of hydrogen-bond donors (Lipinski definition) is 1. The van der Waals surface area contributed by atoms with Gasteiger partial charge in [0.1, 0.15) is 5.82 Å². The second-order valence-corrected chi connectivity index (χ2v) is 10.5. The molecule has 0 saturated carbocycles. The minimum atomic E-state index is -3.67. The fraction of sp³-hybridized carbons (Fsp3) is 0.182. The van der Waals surface area contributed by atoms with Crippen molar-refractivity contribution in [1.29, 1.82) is 0 Å². The van der Waals surface area contributed by atoms with Crippen LogP contribution in [-0.4, -0.2) is 25.1 Å². The first kappa shape index (κ1) is 19.1. The van der Waals surface area contributed by atoms with Gasteiger partial charge < -0.3 is 5.32 Å². The molecule has 3 aromatic carbocycles. The zero-order valence-electron chi connectivity index (χ0n) is 15.8. The van der Waals surface area contributed by atoms with Gasteiger partial charge in [-0.1, -0.05) is 29.5 Å². The van der Waals surface area contributed by atoms with Crippen molar-refractivity contribution in [3.8, 4) is 0 Å². The lowest BCUT2D eigenvalue weighted by atomic mass is 10.0. The summed E-state index contributed by atoms with van der Waals surface area (Å²) in [5.41, 5.74) is 3.49. The second-order valence-electron chi connectivity index (χ2n) is 7.31. The zero-order chi connectivity index (χ0) is 20.9. The molecule has 1 heterocycles. The van der Waals surface area contributed by atoms with E-state index in [0.717, 1.165) is 40.6 Å². The van der Waals surface area contributed by atoms with E-state index in [1.165, 1.54) is 40.0 Å². The summed E-state index contributed by atoms with van der Waals surface area (Å²) in [6, 6.07) is 13.0. The number of rotatable bonds is 5. The molecule has 1 amide bonds. The lowest BCUT2D eigenvalue weighted by molar-refractivity contribution is -0.115. The maximum atomic E-state index is 13.0. The van der Waals surface area contributed by atoms with Crippen LogP contribution in [0, 0.1) is 5.82 Å². The first-order chi connectivity index (χ1) is 14.4. The van der Waals surface area contributed by atoms with Crippen LogP contribution in [0.1, 0.15) is 17.5 Å². The maximum absolute atomic E-state index is 13.0. The van der Waals surface area contributed by atoms with Crippen molar-refractivity contribution in [2.45, 2.75) is 24.2 Å². The number of carbonyl (C=O) groups is 1. The minimum Gasteiger partial charge on any atom is -0.302 e. The number of carbonyl (C=O) groups excluding carboxylic acids is 1. The van der Waals surface area contributed by atoms with Crippen LogP contribution in [0.25, 0.3) is 21.0 Å². The summed E-state index contributed by atoms with van der Waals surface area (Å²) in [5.74, 6) is -1.28. The van der Waals surface area contributed by atoms with E-state index in [1.807, 2.05) is 6.07 Å². The van der Waals surface area contributed by atoms with E-state index in [4.69, 9.17) is 0 Å². The molecule has 0 radical (unpaired) electrons. The second kappa shape index (κ2) is 7.14. The molecule has 0 fully saturated rings. The number of nitrogens with one attached hydrogen (secondary N) is 1. The third kappa shape index (κ3) is 3.36. The Balaban J connectivity index is 1.35. The van der Waals surface area contributed by atoms with Crippen molar-refractivity contribution in [3.63, 3.8) is 0 Å². The molecule has 0 spiro atoms. The number of aromatic nitrogens is 1. The topological polar surface area (TPSA) is 76.1 Å². The van der Waals surface area contributed by atoms with Crippen LogP contribution in [0.5, 0.6) is 0 Å². The van der Waals surface area contributed by atoms with Gasteiger partial charge in [-0.05, 0) is 59.7 Å². The molecule has 1 aromatic heterocycles. The predicted molar refractivity (Wildman–Crippen MR) is 116 cm³/mol. The van der Waals surface area contributed by atoms with E-state index in [-0.39, 0.29) is 17.1 Å². The molecule has 8 heteroatoms. The number of hydrogen-bond acceptors (Lipinski definition) is 5. The highest BCUT2D eigenvalue weighted by molar-refractivity contribution is 7.91. The Morgan fingerprint density at radius 3 is 2.67 bits per heavy atom. The average molecular weight is 441 g/mol. The summed E-state index contributed by atoms with van der Waals surface area (Å²) in [4.78, 5) is 16.9. The van der Waals surface area contributed by atoms with Crippen LogP contribution in [0.4, 0.5) is 9.52 Å². The molecule has 0 aliphatic heterocycles. The molecule has 0 unspecified atom stereocenters. The number of benzene rings is 3. The van der Waals surface area contributed by atoms with Crippen molar-refractivity contribution in [2.24, 2.45) is 0 Å². The van der Waals surface area contributed by atoms with Gasteiger partial charge in [0.2, 0.25) is 5.91 Å². The van der Waals surface area contributed by atoms with E-state index in [0.29, 0.717) is 5.13 Å². The lowest BCUT2D eigenvalue weighted by Gasteiger charge is -2.04. The minimum absolute atomic E-state index is 0.000877. The molecule has 1 aliphatic rings. The largest absolute Gasteiger partial charge is 0.302 e. The highest BCUT2D eigenvalue weighted by atomic mass is 32.2. The number of nitrogens with zero attached hydrogens (tertiary/aromatic N) is 1. The van der Waals surface area contributed by atoms with Gasteiger partial charge in [0.05, 0.1) is 20.9 Å². The Bertz CT molecular complexity index is 1410. The van der Waals surface area contributed by atoms with Crippen molar-refractivity contribution in [3.05, 3.63) is 65.5 Å². The quantitative estimate of drug-likeness (QED) is 0.464. The van der Waals surface area contributed by atoms with Gasteiger partial charge >= 0.3 is 0 Å². The Kier molecular flexibility index (Phi) is 4.56. The van der Waals surface area contributed by atoms with Crippen LogP contribution >= 0.6 is 11.3 Å².